The second-order valence-corrected chi connectivity index (χ2v) is 7.46. The number of nitrogens with one attached hydrogen (secondary N) is 1. The molecule has 0 radical (unpaired) electrons. The Morgan fingerprint density at radius 3 is 2.31 bits per heavy atom. The number of hydrogen-bond donors (Lipinski definition) is 1. The van der Waals surface area contributed by atoms with E-state index in [1.54, 1.807) is 32.4 Å². The number of thioether (sulfide) groups is 1. The molecule has 0 aliphatic rings. The number of methoxy groups -OCH3 is 3. The van der Waals surface area contributed by atoms with Crippen molar-refractivity contribution in [2.24, 2.45) is 5.92 Å². The zero-order chi connectivity index (χ0) is 21.4. The average molecular weight is 423 g/mol. The molecule has 158 valence electrons. The van der Waals surface area contributed by atoms with Crippen LogP contribution in [-0.2, 0) is 14.3 Å². The summed E-state index contributed by atoms with van der Waals surface area (Å²) in [5, 5.41) is 10.9. The summed E-state index contributed by atoms with van der Waals surface area (Å²) in [5.41, 5.74) is 0.632. The molecule has 0 spiro atoms. The van der Waals surface area contributed by atoms with Crippen LogP contribution in [0.2, 0.25) is 0 Å². The Balaban J connectivity index is 2.00. The minimum absolute atomic E-state index is 0.0225. The van der Waals surface area contributed by atoms with Gasteiger partial charge in [-0.15, -0.1) is 10.2 Å². The summed E-state index contributed by atoms with van der Waals surface area (Å²) in [4.78, 5) is 24.0. The van der Waals surface area contributed by atoms with Gasteiger partial charge in [-0.3, -0.25) is 4.79 Å². The average Bonchev–Trinajstić information content (AvgIpc) is 3.19. The second kappa shape index (κ2) is 10.7. The van der Waals surface area contributed by atoms with E-state index in [9.17, 15) is 9.59 Å². The van der Waals surface area contributed by atoms with Gasteiger partial charge in [-0.2, -0.15) is 0 Å². The van der Waals surface area contributed by atoms with Crippen molar-refractivity contribution < 1.29 is 28.2 Å². The Labute approximate surface area is 173 Å². The third-order valence-electron chi connectivity index (χ3n) is 3.86. The summed E-state index contributed by atoms with van der Waals surface area (Å²) >= 11 is 1.08. The zero-order valence-electron chi connectivity index (χ0n) is 17.1. The summed E-state index contributed by atoms with van der Waals surface area (Å²) in [7, 11) is 4.39. The molecule has 0 saturated heterocycles. The Hall–Kier alpha value is -2.75. The molecule has 0 fully saturated rings. The third-order valence-corrected chi connectivity index (χ3v) is 4.68. The third kappa shape index (κ3) is 6.67. The SMILES string of the molecule is COC(=O)[C@H](CC(C)C)NC(=O)CSc1nnc(-c2cc(OC)cc(OC)c2)o1. The lowest BCUT2D eigenvalue weighted by Gasteiger charge is -2.17. The highest BCUT2D eigenvalue weighted by atomic mass is 32.2. The van der Waals surface area contributed by atoms with Crippen molar-refractivity contribution in [1.29, 1.82) is 0 Å². The van der Waals surface area contributed by atoms with Gasteiger partial charge in [0.2, 0.25) is 11.8 Å². The number of esters is 1. The van der Waals surface area contributed by atoms with Crippen LogP contribution in [0.3, 0.4) is 0 Å². The van der Waals surface area contributed by atoms with Crippen molar-refractivity contribution in [3.63, 3.8) is 0 Å². The van der Waals surface area contributed by atoms with Gasteiger partial charge >= 0.3 is 5.97 Å². The summed E-state index contributed by atoms with van der Waals surface area (Å²) in [5.74, 6) is 0.908. The van der Waals surface area contributed by atoms with Gasteiger partial charge in [0, 0.05) is 11.6 Å². The molecule has 0 saturated carbocycles. The van der Waals surface area contributed by atoms with Gasteiger partial charge in [0.15, 0.2) is 0 Å². The number of aromatic nitrogens is 2. The summed E-state index contributed by atoms with van der Waals surface area (Å²) in [6.45, 7) is 3.93. The van der Waals surface area contributed by atoms with E-state index in [0.29, 0.717) is 23.5 Å². The maximum absolute atomic E-state index is 12.2. The number of rotatable bonds is 10. The molecule has 2 rings (SSSR count). The number of benzene rings is 1. The molecule has 1 N–H and O–H groups in total. The second-order valence-electron chi connectivity index (χ2n) is 6.54. The van der Waals surface area contributed by atoms with E-state index in [1.807, 2.05) is 13.8 Å². The Morgan fingerprint density at radius 1 is 1.10 bits per heavy atom. The molecule has 0 aliphatic heterocycles. The fourth-order valence-corrected chi connectivity index (χ4v) is 3.08. The molecule has 1 atom stereocenters. The van der Waals surface area contributed by atoms with Crippen LogP contribution in [0.1, 0.15) is 20.3 Å². The van der Waals surface area contributed by atoms with Gasteiger partial charge in [-0.1, -0.05) is 25.6 Å². The summed E-state index contributed by atoms with van der Waals surface area (Å²) in [6.07, 6.45) is 0.492. The van der Waals surface area contributed by atoms with Crippen LogP contribution in [0.4, 0.5) is 0 Å². The number of ether oxygens (including phenoxy) is 3. The number of hydrogen-bond acceptors (Lipinski definition) is 9. The van der Waals surface area contributed by atoms with Crippen LogP contribution >= 0.6 is 11.8 Å². The topological polar surface area (TPSA) is 113 Å². The minimum Gasteiger partial charge on any atom is -0.497 e. The first kappa shape index (κ1) is 22.5. The van der Waals surface area contributed by atoms with Gasteiger partial charge in [0.05, 0.1) is 27.1 Å². The van der Waals surface area contributed by atoms with Crippen molar-refractivity contribution in [3.8, 4) is 23.0 Å². The van der Waals surface area contributed by atoms with Crippen LogP contribution in [0, 0.1) is 5.92 Å². The summed E-state index contributed by atoms with van der Waals surface area (Å²) < 4.78 is 20.8. The van der Waals surface area contributed by atoms with Crippen molar-refractivity contribution in [2.75, 3.05) is 27.1 Å². The smallest absolute Gasteiger partial charge is 0.328 e. The highest BCUT2D eigenvalue weighted by Crippen LogP contribution is 2.30. The molecule has 0 unspecified atom stereocenters. The quantitative estimate of drug-likeness (QED) is 0.455. The maximum Gasteiger partial charge on any atom is 0.328 e. The van der Waals surface area contributed by atoms with E-state index in [1.165, 1.54) is 7.11 Å². The van der Waals surface area contributed by atoms with Crippen molar-refractivity contribution >= 4 is 23.6 Å². The van der Waals surface area contributed by atoms with Crippen LogP contribution in [0.25, 0.3) is 11.5 Å². The Kier molecular flexibility index (Phi) is 8.32. The zero-order valence-corrected chi connectivity index (χ0v) is 17.9. The predicted molar refractivity (Wildman–Crippen MR) is 107 cm³/mol. The number of carbonyl (C=O) groups excluding carboxylic acids is 2. The number of amides is 1. The fourth-order valence-electron chi connectivity index (χ4n) is 2.51. The van der Waals surface area contributed by atoms with E-state index in [2.05, 4.69) is 15.5 Å². The number of nitrogens with zero attached hydrogens (tertiary/aromatic N) is 2. The van der Waals surface area contributed by atoms with E-state index in [0.717, 1.165) is 11.8 Å². The molecule has 10 heteroatoms. The van der Waals surface area contributed by atoms with Crippen LogP contribution in [0.15, 0.2) is 27.8 Å². The standard InChI is InChI=1S/C19H25N3O6S/c1-11(2)6-15(18(24)27-5)20-16(23)10-29-19-22-21-17(28-19)12-7-13(25-3)9-14(8-12)26-4/h7-9,11,15H,6,10H2,1-5H3,(H,20,23)/t15-/m0/s1. The van der Waals surface area contributed by atoms with Crippen LogP contribution in [-0.4, -0.2) is 55.2 Å². The molecule has 29 heavy (non-hydrogen) atoms. The molecular formula is C19H25N3O6S. The Bertz CT molecular complexity index is 817. The first-order valence-electron chi connectivity index (χ1n) is 8.93. The minimum atomic E-state index is -0.685. The van der Waals surface area contributed by atoms with Gasteiger partial charge < -0.3 is 23.9 Å². The van der Waals surface area contributed by atoms with E-state index < -0.39 is 12.0 Å². The molecular weight excluding hydrogens is 398 g/mol. The van der Waals surface area contributed by atoms with Gasteiger partial charge in [-0.05, 0) is 24.5 Å². The molecule has 2 aromatic rings. The summed E-state index contributed by atoms with van der Waals surface area (Å²) in [6, 6.07) is 4.53. The maximum atomic E-state index is 12.2. The number of carbonyl (C=O) groups is 2. The molecule has 1 amide bonds. The van der Waals surface area contributed by atoms with Gasteiger partial charge in [-0.25, -0.2) is 4.79 Å². The van der Waals surface area contributed by atoms with Gasteiger partial charge in [0.1, 0.15) is 17.5 Å². The van der Waals surface area contributed by atoms with Crippen LogP contribution in [0.5, 0.6) is 11.5 Å². The molecule has 1 aromatic heterocycles. The molecule has 9 nitrogen and oxygen atoms in total. The lowest BCUT2D eigenvalue weighted by molar-refractivity contribution is -0.145. The predicted octanol–water partition coefficient (Wildman–Crippen LogP) is 2.55. The molecule has 0 bridgehead atoms. The largest absolute Gasteiger partial charge is 0.497 e. The van der Waals surface area contributed by atoms with E-state index in [-0.39, 0.29) is 28.7 Å². The highest BCUT2D eigenvalue weighted by Gasteiger charge is 2.23. The lowest BCUT2D eigenvalue weighted by atomic mass is 10.0. The van der Waals surface area contributed by atoms with Crippen molar-refractivity contribution in [1.82, 2.24) is 15.5 Å². The molecule has 1 aromatic carbocycles. The highest BCUT2D eigenvalue weighted by molar-refractivity contribution is 7.99. The van der Waals surface area contributed by atoms with Gasteiger partial charge in [0.25, 0.3) is 5.22 Å². The lowest BCUT2D eigenvalue weighted by Crippen LogP contribution is -2.43. The monoisotopic (exact) mass is 423 g/mol. The Morgan fingerprint density at radius 2 is 1.76 bits per heavy atom. The van der Waals surface area contributed by atoms with Crippen molar-refractivity contribution in [3.05, 3.63) is 18.2 Å². The first-order valence-corrected chi connectivity index (χ1v) is 9.91. The van der Waals surface area contributed by atoms with E-state index in [4.69, 9.17) is 18.6 Å². The first-order chi connectivity index (χ1) is 13.9. The normalized spacial score (nSPS) is 11.8. The molecule has 1 heterocycles. The molecule has 0 aliphatic carbocycles. The van der Waals surface area contributed by atoms with Crippen molar-refractivity contribution in [2.45, 2.75) is 31.5 Å². The van der Waals surface area contributed by atoms with Crippen LogP contribution < -0.4 is 14.8 Å². The fraction of sp³-hybridized carbons (Fsp3) is 0.474. The van der Waals surface area contributed by atoms with E-state index >= 15 is 0 Å².